The van der Waals surface area contributed by atoms with E-state index in [4.69, 9.17) is 23.2 Å². The van der Waals surface area contributed by atoms with Gasteiger partial charge in [0, 0.05) is 5.56 Å². The highest BCUT2D eigenvalue weighted by molar-refractivity contribution is 6.42. The minimum Gasteiger partial charge on any atom is -0.288 e. The first-order valence-corrected chi connectivity index (χ1v) is 5.80. The second kappa shape index (κ2) is 5.23. The molecule has 0 aromatic heterocycles. The molecule has 0 saturated carbocycles. The molecule has 0 saturated heterocycles. The van der Waals surface area contributed by atoms with Crippen molar-refractivity contribution >= 4 is 29.0 Å². The Kier molecular flexibility index (Phi) is 3.83. The average Bonchev–Trinajstić information content (AvgIpc) is 2.39. The maximum Gasteiger partial charge on any atom is 0.196 e. The molecule has 0 aliphatic rings. The molecule has 0 unspecified atom stereocenters. The van der Waals surface area contributed by atoms with Crippen molar-refractivity contribution < 1.29 is 18.0 Å². The highest BCUT2D eigenvalue weighted by Crippen LogP contribution is 2.25. The van der Waals surface area contributed by atoms with Crippen LogP contribution in [0, 0.1) is 17.5 Å². The number of carbonyl (C=O) groups excluding carboxylic acids is 1. The molecule has 0 fully saturated rings. The van der Waals surface area contributed by atoms with E-state index >= 15 is 0 Å². The van der Waals surface area contributed by atoms with E-state index in [1.54, 1.807) is 0 Å². The highest BCUT2D eigenvalue weighted by Gasteiger charge is 2.20. The van der Waals surface area contributed by atoms with Crippen molar-refractivity contribution in [2.45, 2.75) is 0 Å². The maximum atomic E-state index is 13.5. The first-order chi connectivity index (χ1) is 8.91. The zero-order chi connectivity index (χ0) is 14.2. The van der Waals surface area contributed by atoms with Crippen LogP contribution >= 0.6 is 23.2 Å². The summed E-state index contributed by atoms with van der Waals surface area (Å²) < 4.78 is 39.3. The van der Waals surface area contributed by atoms with E-state index < -0.39 is 28.8 Å². The molecule has 0 atom stereocenters. The fourth-order valence-electron chi connectivity index (χ4n) is 1.49. The number of halogens is 5. The summed E-state index contributed by atoms with van der Waals surface area (Å²) in [6.07, 6.45) is 0. The first-order valence-electron chi connectivity index (χ1n) is 5.05. The van der Waals surface area contributed by atoms with E-state index in [2.05, 4.69) is 0 Å². The zero-order valence-electron chi connectivity index (χ0n) is 9.18. The van der Waals surface area contributed by atoms with Gasteiger partial charge in [-0.15, -0.1) is 0 Å². The summed E-state index contributed by atoms with van der Waals surface area (Å²) in [4.78, 5) is 12.0. The molecule has 2 rings (SSSR count). The van der Waals surface area contributed by atoms with E-state index in [0.29, 0.717) is 6.07 Å². The van der Waals surface area contributed by atoms with Gasteiger partial charge in [-0.3, -0.25) is 4.79 Å². The van der Waals surface area contributed by atoms with Crippen molar-refractivity contribution in [3.63, 3.8) is 0 Å². The van der Waals surface area contributed by atoms with Gasteiger partial charge in [-0.25, -0.2) is 13.2 Å². The molecule has 6 heteroatoms. The predicted molar refractivity (Wildman–Crippen MR) is 66.2 cm³/mol. The van der Waals surface area contributed by atoms with Crippen LogP contribution in [0.4, 0.5) is 13.2 Å². The van der Waals surface area contributed by atoms with E-state index in [1.807, 2.05) is 0 Å². The molecule has 0 aliphatic carbocycles. The van der Waals surface area contributed by atoms with Gasteiger partial charge in [0.15, 0.2) is 23.2 Å². The maximum absolute atomic E-state index is 13.5. The Balaban J connectivity index is 2.50. The van der Waals surface area contributed by atoms with Gasteiger partial charge in [-0.05, 0) is 30.3 Å². The highest BCUT2D eigenvalue weighted by atomic mass is 35.5. The van der Waals surface area contributed by atoms with Crippen LogP contribution in [0.2, 0.25) is 10.0 Å². The number of benzene rings is 2. The summed E-state index contributed by atoms with van der Waals surface area (Å²) in [5.41, 5.74) is -0.545. The molecule has 98 valence electrons. The Bertz CT molecular complexity index is 671. The number of carbonyl (C=O) groups is 1. The van der Waals surface area contributed by atoms with Crippen LogP contribution < -0.4 is 0 Å². The van der Waals surface area contributed by atoms with Gasteiger partial charge >= 0.3 is 0 Å². The van der Waals surface area contributed by atoms with Crippen LogP contribution in [0.15, 0.2) is 30.3 Å². The number of hydrogen-bond donors (Lipinski definition) is 0. The van der Waals surface area contributed by atoms with Crippen LogP contribution in [0.5, 0.6) is 0 Å². The second-order valence-corrected chi connectivity index (χ2v) is 4.50. The molecule has 0 spiro atoms. The van der Waals surface area contributed by atoms with E-state index in [0.717, 1.165) is 6.07 Å². The predicted octanol–water partition coefficient (Wildman–Crippen LogP) is 4.64. The molecule has 1 nitrogen and oxygen atoms in total. The van der Waals surface area contributed by atoms with Crippen molar-refractivity contribution in [2.75, 3.05) is 0 Å². The third-order valence-electron chi connectivity index (χ3n) is 2.46. The van der Waals surface area contributed by atoms with Gasteiger partial charge < -0.3 is 0 Å². The van der Waals surface area contributed by atoms with Crippen molar-refractivity contribution in [3.05, 3.63) is 69.0 Å². The Morgan fingerprint density at radius 1 is 0.895 bits per heavy atom. The molecule has 0 N–H and O–H groups in total. The quantitative estimate of drug-likeness (QED) is 0.583. The number of ketones is 1. The van der Waals surface area contributed by atoms with Gasteiger partial charge in [-0.2, -0.15) is 0 Å². The van der Waals surface area contributed by atoms with Crippen LogP contribution in [0.1, 0.15) is 15.9 Å². The summed E-state index contributed by atoms with van der Waals surface area (Å²) >= 11 is 11.4. The average molecular weight is 305 g/mol. The summed E-state index contributed by atoms with van der Waals surface area (Å²) in [7, 11) is 0. The van der Waals surface area contributed by atoms with Crippen LogP contribution in [-0.4, -0.2) is 5.78 Å². The lowest BCUT2D eigenvalue weighted by Gasteiger charge is -2.05. The van der Waals surface area contributed by atoms with Gasteiger partial charge in [0.25, 0.3) is 0 Å². The van der Waals surface area contributed by atoms with E-state index in [9.17, 15) is 18.0 Å². The van der Waals surface area contributed by atoms with Crippen molar-refractivity contribution in [1.82, 2.24) is 0 Å². The standard InChI is InChI=1S/C13H5Cl2F3O/c14-8-3-1-6(5-9(8)15)13(19)7-2-4-10(16)12(18)11(7)17/h1-5H. The molecule has 0 amide bonds. The third kappa shape index (κ3) is 2.60. The Morgan fingerprint density at radius 3 is 2.21 bits per heavy atom. The summed E-state index contributed by atoms with van der Waals surface area (Å²) in [6, 6.07) is 5.46. The fraction of sp³-hybridized carbons (Fsp3) is 0. The lowest BCUT2D eigenvalue weighted by Crippen LogP contribution is -2.07. The van der Waals surface area contributed by atoms with Crippen LogP contribution in [-0.2, 0) is 0 Å². The Labute approximate surface area is 116 Å². The molecule has 2 aromatic rings. The largest absolute Gasteiger partial charge is 0.288 e. The van der Waals surface area contributed by atoms with Crippen molar-refractivity contribution in [3.8, 4) is 0 Å². The van der Waals surface area contributed by atoms with Crippen molar-refractivity contribution in [1.29, 1.82) is 0 Å². The first kappa shape index (κ1) is 13.9. The van der Waals surface area contributed by atoms with E-state index in [-0.39, 0.29) is 15.6 Å². The smallest absolute Gasteiger partial charge is 0.196 e. The van der Waals surface area contributed by atoms with Gasteiger partial charge in [0.05, 0.1) is 15.6 Å². The molecular formula is C13H5Cl2F3O. The summed E-state index contributed by atoms with van der Waals surface area (Å²) in [6.45, 7) is 0. The Hall–Kier alpha value is -1.52. The van der Waals surface area contributed by atoms with Gasteiger partial charge in [0.1, 0.15) is 0 Å². The molecule has 0 aliphatic heterocycles. The third-order valence-corrected chi connectivity index (χ3v) is 3.20. The van der Waals surface area contributed by atoms with E-state index in [1.165, 1.54) is 18.2 Å². The molecular weight excluding hydrogens is 300 g/mol. The zero-order valence-corrected chi connectivity index (χ0v) is 10.7. The van der Waals surface area contributed by atoms with Gasteiger partial charge in [-0.1, -0.05) is 23.2 Å². The number of rotatable bonds is 2. The fourth-order valence-corrected chi connectivity index (χ4v) is 1.79. The molecule has 0 radical (unpaired) electrons. The SMILES string of the molecule is O=C(c1ccc(Cl)c(Cl)c1)c1ccc(F)c(F)c1F. The molecule has 19 heavy (non-hydrogen) atoms. The molecule has 2 aromatic carbocycles. The molecule has 0 bridgehead atoms. The molecule has 0 heterocycles. The normalized spacial score (nSPS) is 10.6. The monoisotopic (exact) mass is 304 g/mol. The van der Waals surface area contributed by atoms with Crippen LogP contribution in [0.3, 0.4) is 0 Å². The topological polar surface area (TPSA) is 17.1 Å². The second-order valence-electron chi connectivity index (χ2n) is 3.68. The lowest BCUT2D eigenvalue weighted by molar-refractivity contribution is 0.103. The summed E-state index contributed by atoms with van der Waals surface area (Å²) in [5.74, 6) is -5.39. The van der Waals surface area contributed by atoms with Gasteiger partial charge in [0.2, 0.25) is 0 Å². The minimum atomic E-state index is -1.69. The lowest BCUT2D eigenvalue weighted by atomic mass is 10.0. The summed E-state index contributed by atoms with van der Waals surface area (Å²) in [5, 5.41) is 0.333. The number of hydrogen-bond acceptors (Lipinski definition) is 1. The van der Waals surface area contributed by atoms with Crippen LogP contribution in [0.25, 0.3) is 0 Å². The minimum absolute atomic E-state index is 0.0271. The van der Waals surface area contributed by atoms with Crippen molar-refractivity contribution in [2.24, 2.45) is 0 Å². The Morgan fingerprint density at radius 2 is 1.58 bits per heavy atom.